The lowest BCUT2D eigenvalue weighted by atomic mass is 9.64. The van der Waals surface area contributed by atoms with E-state index in [-0.39, 0.29) is 11.7 Å². The van der Waals surface area contributed by atoms with Crippen molar-refractivity contribution in [1.29, 1.82) is 0 Å². The van der Waals surface area contributed by atoms with Crippen molar-refractivity contribution in [3.63, 3.8) is 0 Å². The molecule has 3 aliphatic rings. The maximum atomic E-state index is 10.7. The molecule has 3 nitrogen and oxygen atoms in total. The molecule has 18 heavy (non-hydrogen) atoms. The van der Waals surface area contributed by atoms with Crippen LogP contribution in [-0.2, 0) is 9.47 Å². The van der Waals surface area contributed by atoms with Crippen LogP contribution in [0, 0.1) is 5.92 Å². The third-order valence-corrected chi connectivity index (χ3v) is 6.11. The Kier molecular flexibility index (Phi) is 3.65. The zero-order chi connectivity index (χ0) is 12.6. The van der Waals surface area contributed by atoms with Crippen LogP contribution in [0.15, 0.2) is 0 Å². The highest BCUT2D eigenvalue weighted by atomic mass is 32.2. The predicted octanol–water partition coefficient (Wildman–Crippen LogP) is 2.22. The number of aliphatic hydroxyl groups is 1. The van der Waals surface area contributed by atoms with Gasteiger partial charge in [0.1, 0.15) is 0 Å². The molecule has 1 N–H and O–H groups in total. The third-order valence-electron chi connectivity index (χ3n) is 4.88. The number of ether oxygens (including phenoxy) is 2. The van der Waals surface area contributed by atoms with E-state index >= 15 is 0 Å². The number of hydrogen-bond acceptors (Lipinski definition) is 4. The molecule has 1 saturated carbocycles. The summed E-state index contributed by atoms with van der Waals surface area (Å²) in [6.45, 7) is 3.61. The van der Waals surface area contributed by atoms with E-state index in [1.807, 2.05) is 18.7 Å². The molecule has 3 rings (SSSR count). The van der Waals surface area contributed by atoms with Crippen LogP contribution in [0.5, 0.6) is 0 Å². The van der Waals surface area contributed by atoms with Crippen molar-refractivity contribution in [2.24, 2.45) is 5.92 Å². The molecular weight excluding hydrogens is 248 g/mol. The molecular formula is C14H24O3S. The molecule has 2 unspecified atom stereocenters. The number of rotatable bonds is 3. The Balaban J connectivity index is 1.59. The zero-order valence-electron chi connectivity index (χ0n) is 11.2. The third kappa shape index (κ3) is 2.33. The van der Waals surface area contributed by atoms with Gasteiger partial charge < -0.3 is 14.6 Å². The molecule has 2 atom stereocenters. The van der Waals surface area contributed by atoms with Crippen LogP contribution < -0.4 is 0 Å². The summed E-state index contributed by atoms with van der Waals surface area (Å²) < 4.78 is 11.6. The Bertz CT molecular complexity index is 295. The second-order valence-corrected chi connectivity index (χ2v) is 7.22. The van der Waals surface area contributed by atoms with E-state index < -0.39 is 5.60 Å². The van der Waals surface area contributed by atoms with Crippen LogP contribution in [-0.4, -0.2) is 47.1 Å². The van der Waals surface area contributed by atoms with E-state index in [2.05, 4.69) is 0 Å². The molecule has 1 aliphatic carbocycles. The van der Waals surface area contributed by atoms with Crippen LogP contribution in [0.2, 0.25) is 0 Å². The molecule has 0 amide bonds. The van der Waals surface area contributed by atoms with Gasteiger partial charge in [-0.05, 0) is 37.9 Å². The highest BCUT2D eigenvalue weighted by Crippen LogP contribution is 2.49. The minimum atomic E-state index is -0.468. The van der Waals surface area contributed by atoms with Gasteiger partial charge in [0.25, 0.3) is 0 Å². The van der Waals surface area contributed by atoms with Crippen molar-refractivity contribution >= 4 is 11.8 Å². The molecule has 0 aromatic heterocycles. The van der Waals surface area contributed by atoms with Crippen molar-refractivity contribution in [3.8, 4) is 0 Å². The molecule has 3 fully saturated rings. The lowest BCUT2D eigenvalue weighted by Gasteiger charge is -2.52. The smallest absolute Gasteiger partial charge is 0.0784 e. The van der Waals surface area contributed by atoms with E-state index in [1.54, 1.807) is 0 Å². The standard InChI is InChI=1S/C14H24O3S/c1-2-16-12-8-14(15,9-12)11-3-5-17-13(7-11)4-6-18-10-13/h11-12,15H,2-10H2,1H3. The summed E-state index contributed by atoms with van der Waals surface area (Å²) in [5, 5.41) is 10.7. The van der Waals surface area contributed by atoms with Crippen LogP contribution in [0.1, 0.15) is 39.0 Å². The summed E-state index contributed by atoms with van der Waals surface area (Å²) in [7, 11) is 0. The van der Waals surface area contributed by atoms with Crippen LogP contribution in [0.25, 0.3) is 0 Å². The average molecular weight is 272 g/mol. The summed E-state index contributed by atoms with van der Waals surface area (Å²) in [5.41, 5.74) is -0.385. The molecule has 2 heterocycles. The van der Waals surface area contributed by atoms with E-state index in [4.69, 9.17) is 9.47 Å². The van der Waals surface area contributed by atoms with Crippen LogP contribution in [0.3, 0.4) is 0 Å². The zero-order valence-corrected chi connectivity index (χ0v) is 12.0. The first-order valence-electron chi connectivity index (χ1n) is 7.21. The van der Waals surface area contributed by atoms with Crippen molar-refractivity contribution in [2.45, 2.75) is 56.3 Å². The molecule has 0 aromatic rings. The van der Waals surface area contributed by atoms with E-state index in [0.717, 1.165) is 44.6 Å². The second-order valence-electron chi connectivity index (χ2n) is 6.11. The minimum Gasteiger partial charge on any atom is -0.389 e. The summed E-state index contributed by atoms with van der Waals surface area (Å²) in [6, 6.07) is 0. The molecule has 2 saturated heterocycles. The maximum Gasteiger partial charge on any atom is 0.0784 e. The van der Waals surface area contributed by atoms with Gasteiger partial charge in [-0.15, -0.1) is 0 Å². The molecule has 1 spiro atoms. The second kappa shape index (κ2) is 4.97. The Morgan fingerprint density at radius 2 is 2.22 bits per heavy atom. The van der Waals surface area contributed by atoms with E-state index in [9.17, 15) is 5.11 Å². The van der Waals surface area contributed by atoms with Gasteiger partial charge in [-0.3, -0.25) is 0 Å². The maximum absolute atomic E-state index is 10.7. The topological polar surface area (TPSA) is 38.7 Å². The Labute approximate surface area is 114 Å². The predicted molar refractivity (Wildman–Crippen MR) is 72.9 cm³/mol. The fourth-order valence-corrected chi connectivity index (χ4v) is 5.14. The monoisotopic (exact) mass is 272 g/mol. The number of thioether (sulfide) groups is 1. The van der Waals surface area contributed by atoms with E-state index in [0.29, 0.717) is 5.92 Å². The normalized spacial score (nSPS) is 48.3. The van der Waals surface area contributed by atoms with Gasteiger partial charge in [0.2, 0.25) is 0 Å². The average Bonchev–Trinajstić information content (AvgIpc) is 2.75. The molecule has 0 aromatic carbocycles. The summed E-state index contributed by atoms with van der Waals surface area (Å²) >= 11 is 2.00. The first kappa shape index (κ1) is 13.2. The molecule has 0 radical (unpaired) electrons. The van der Waals surface area contributed by atoms with Gasteiger partial charge in [-0.1, -0.05) is 0 Å². The van der Waals surface area contributed by atoms with Crippen LogP contribution in [0.4, 0.5) is 0 Å². The quantitative estimate of drug-likeness (QED) is 0.855. The van der Waals surface area contributed by atoms with Crippen molar-refractivity contribution < 1.29 is 14.6 Å². The van der Waals surface area contributed by atoms with Gasteiger partial charge >= 0.3 is 0 Å². The fourth-order valence-electron chi connectivity index (χ4n) is 3.77. The van der Waals surface area contributed by atoms with Gasteiger partial charge in [0.15, 0.2) is 0 Å². The Morgan fingerprint density at radius 1 is 1.39 bits per heavy atom. The first-order chi connectivity index (χ1) is 8.66. The molecule has 4 heteroatoms. The Morgan fingerprint density at radius 3 is 2.89 bits per heavy atom. The fraction of sp³-hybridized carbons (Fsp3) is 1.00. The van der Waals surface area contributed by atoms with Gasteiger partial charge in [-0.25, -0.2) is 0 Å². The molecule has 104 valence electrons. The summed E-state index contributed by atoms with van der Waals surface area (Å²) in [6.07, 6.45) is 5.18. The highest BCUT2D eigenvalue weighted by Gasteiger charge is 2.53. The SMILES string of the molecule is CCOC1CC(O)(C2CCOC3(CCSC3)C2)C1. The largest absolute Gasteiger partial charge is 0.389 e. The van der Waals surface area contributed by atoms with Crippen molar-refractivity contribution in [3.05, 3.63) is 0 Å². The molecule has 0 bridgehead atoms. The lowest BCUT2D eigenvalue weighted by Crippen LogP contribution is -2.57. The summed E-state index contributed by atoms with van der Waals surface area (Å²) in [5.74, 6) is 2.75. The minimum absolute atomic E-state index is 0.0833. The lowest BCUT2D eigenvalue weighted by molar-refractivity contribution is -0.200. The van der Waals surface area contributed by atoms with E-state index in [1.165, 1.54) is 12.2 Å². The Hall–Kier alpha value is 0.230. The van der Waals surface area contributed by atoms with Gasteiger partial charge in [0, 0.05) is 31.8 Å². The van der Waals surface area contributed by atoms with Gasteiger partial charge in [0.05, 0.1) is 17.3 Å². The van der Waals surface area contributed by atoms with Crippen molar-refractivity contribution in [1.82, 2.24) is 0 Å². The molecule has 2 aliphatic heterocycles. The highest BCUT2D eigenvalue weighted by molar-refractivity contribution is 7.99. The summed E-state index contributed by atoms with van der Waals surface area (Å²) in [4.78, 5) is 0. The van der Waals surface area contributed by atoms with Gasteiger partial charge in [-0.2, -0.15) is 11.8 Å². The number of hydrogen-bond donors (Lipinski definition) is 1. The first-order valence-corrected chi connectivity index (χ1v) is 8.37. The van der Waals surface area contributed by atoms with Crippen molar-refractivity contribution in [2.75, 3.05) is 24.7 Å². The van der Waals surface area contributed by atoms with Crippen LogP contribution >= 0.6 is 11.8 Å².